The number of furan rings is 1. The number of ether oxygens (including phenoxy) is 1. The van der Waals surface area contributed by atoms with Crippen LogP contribution in [0.25, 0.3) is 0 Å². The summed E-state index contributed by atoms with van der Waals surface area (Å²) in [4.78, 5) is 23.8. The van der Waals surface area contributed by atoms with Gasteiger partial charge in [0, 0.05) is 11.4 Å². The van der Waals surface area contributed by atoms with Crippen LogP contribution in [0.2, 0.25) is 0 Å². The van der Waals surface area contributed by atoms with Crippen LogP contribution in [0.3, 0.4) is 0 Å². The van der Waals surface area contributed by atoms with Gasteiger partial charge in [-0.05, 0) is 61.0 Å². The van der Waals surface area contributed by atoms with Gasteiger partial charge in [0.15, 0.2) is 5.76 Å². The van der Waals surface area contributed by atoms with Gasteiger partial charge in [0.1, 0.15) is 12.4 Å². The largest absolute Gasteiger partial charge is 0.492 e. The van der Waals surface area contributed by atoms with Crippen LogP contribution in [0, 0.1) is 6.92 Å². The van der Waals surface area contributed by atoms with E-state index in [0.29, 0.717) is 24.5 Å². The van der Waals surface area contributed by atoms with Gasteiger partial charge < -0.3 is 25.1 Å². The van der Waals surface area contributed by atoms with Crippen molar-refractivity contribution in [2.75, 3.05) is 23.8 Å². The maximum atomic E-state index is 11.9. The van der Waals surface area contributed by atoms with Crippen molar-refractivity contribution < 1.29 is 18.7 Å². The molecule has 1 aromatic heterocycles. The Hall–Kier alpha value is -3.74. The fraction of sp³-hybridized carbons (Fsp3) is 0.143. The maximum absolute atomic E-state index is 11.9. The quantitative estimate of drug-likeness (QED) is 0.540. The van der Waals surface area contributed by atoms with E-state index in [4.69, 9.17) is 9.15 Å². The zero-order valence-corrected chi connectivity index (χ0v) is 15.4. The van der Waals surface area contributed by atoms with Crippen molar-refractivity contribution >= 4 is 23.3 Å². The normalized spacial score (nSPS) is 10.2. The summed E-state index contributed by atoms with van der Waals surface area (Å²) in [5.41, 5.74) is 2.32. The molecule has 144 valence electrons. The number of anilines is 2. The molecular formula is C21H21N3O4. The molecule has 0 spiro atoms. The van der Waals surface area contributed by atoms with Gasteiger partial charge in [0.25, 0.3) is 5.91 Å². The average molecular weight is 379 g/mol. The molecule has 7 heteroatoms. The van der Waals surface area contributed by atoms with Crippen molar-refractivity contribution in [3.63, 3.8) is 0 Å². The molecule has 2 aromatic carbocycles. The highest BCUT2D eigenvalue weighted by Crippen LogP contribution is 2.15. The van der Waals surface area contributed by atoms with Crippen molar-refractivity contribution in [1.29, 1.82) is 0 Å². The molecule has 7 nitrogen and oxygen atoms in total. The molecule has 0 bridgehead atoms. The molecule has 3 N–H and O–H groups in total. The smallest absolute Gasteiger partial charge is 0.319 e. The Labute approximate surface area is 162 Å². The van der Waals surface area contributed by atoms with Crippen LogP contribution < -0.4 is 20.7 Å². The van der Waals surface area contributed by atoms with Crippen molar-refractivity contribution in [2.24, 2.45) is 0 Å². The number of amides is 3. The minimum Gasteiger partial charge on any atom is -0.492 e. The highest BCUT2D eigenvalue weighted by molar-refractivity contribution is 6.02. The average Bonchev–Trinajstić information content (AvgIpc) is 3.22. The number of hydrogen-bond acceptors (Lipinski definition) is 4. The van der Waals surface area contributed by atoms with Gasteiger partial charge in [-0.2, -0.15) is 0 Å². The maximum Gasteiger partial charge on any atom is 0.319 e. The van der Waals surface area contributed by atoms with Crippen LogP contribution in [-0.4, -0.2) is 25.1 Å². The SMILES string of the molecule is Cc1cccc(OCCNC(=O)Nc2ccc(NC(=O)c3ccco3)cc2)c1. The van der Waals surface area contributed by atoms with Crippen molar-refractivity contribution in [1.82, 2.24) is 5.32 Å². The van der Waals surface area contributed by atoms with Crippen molar-refractivity contribution in [2.45, 2.75) is 6.92 Å². The molecule has 0 atom stereocenters. The Morgan fingerprint density at radius 2 is 1.71 bits per heavy atom. The highest BCUT2D eigenvalue weighted by atomic mass is 16.5. The molecule has 0 fully saturated rings. The van der Waals surface area contributed by atoms with E-state index in [-0.39, 0.29) is 17.7 Å². The van der Waals surface area contributed by atoms with Gasteiger partial charge in [-0.3, -0.25) is 4.79 Å². The first-order valence-electron chi connectivity index (χ1n) is 8.79. The minimum atomic E-state index is -0.336. The number of aryl methyl sites for hydroxylation is 1. The molecule has 3 amide bonds. The molecule has 0 saturated heterocycles. The van der Waals surface area contributed by atoms with Gasteiger partial charge in [-0.25, -0.2) is 4.79 Å². The zero-order valence-electron chi connectivity index (χ0n) is 15.4. The lowest BCUT2D eigenvalue weighted by molar-refractivity contribution is 0.0996. The Morgan fingerprint density at radius 3 is 2.39 bits per heavy atom. The van der Waals surface area contributed by atoms with Crippen LogP contribution in [0.4, 0.5) is 16.2 Å². The molecule has 0 unspecified atom stereocenters. The molecule has 0 radical (unpaired) electrons. The molecule has 3 rings (SSSR count). The third kappa shape index (κ3) is 5.63. The molecule has 28 heavy (non-hydrogen) atoms. The molecule has 3 aromatic rings. The first kappa shape index (κ1) is 19.0. The molecule has 0 saturated carbocycles. The Morgan fingerprint density at radius 1 is 0.964 bits per heavy atom. The number of urea groups is 1. The summed E-state index contributed by atoms with van der Waals surface area (Å²) in [5, 5.41) is 8.15. The summed E-state index contributed by atoms with van der Waals surface area (Å²) in [7, 11) is 0. The predicted octanol–water partition coefficient (Wildman–Crippen LogP) is 4.04. The zero-order chi connectivity index (χ0) is 19.8. The topological polar surface area (TPSA) is 92.6 Å². The van der Waals surface area contributed by atoms with Gasteiger partial charge in [-0.15, -0.1) is 0 Å². The van der Waals surface area contributed by atoms with E-state index in [9.17, 15) is 9.59 Å². The fourth-order valence-electron chi connectivity index (χ4n) is 2.45. The van der Waals surface area contributed by atoms with Crippen LogP contribution in [-0.2, 0) is 0 Å². The van der Waals surface area contributed by atoms with Gasteiger partial charge in [-0.1, -0.05) is 12.1 Å². The number of rotatable bonds is 7. The second-order valence-electron chi connectivity index (χ2n) is 6.05. The van der Waals surface area contributed by atoms with Crippen molar-refractivity contribution in [3.8, 4) is 5.75 Å². The van der Waals surface area contributed by atoms with E-state index in [0.717, 1.165) is 11.3 Å². The standard InChI is InChI=1S/C21H21N3O4/c1-15-4-2-5-18(14-15)27-13-11-22-21(26)24-17-9-7-16(8-10-17)23-20(25)19-6-3-12-28-19/h2-10,12,14H,11,13H2,1H3,(H,23,25)(H2,22,24,26). The number of hydrogen-bond donors (Lipinski definition) is 3. The lowest BCUT2D eigenvalue weighted by atomic mass is 10.2. The Bertz CT molecular complexity index is 921. The minimum absolute atomic E-state index is 0.231. The first-order valence-corrected chi connectivity index (χ1v) is 8.79. The highest BCUT2D eigenvalue weighted by Gasteiger charge is 2.08. The van der Waals surface area contributed by atoms with Crippen LogP contribution in [0.5, 0.6) is 5.75 Å². The lowest BCUT2D eigenvalue weighted by Gasteiger charge is -2.10. The van der Waals surface area contributed by atoms with E-state index in [1.165, 1.54) is 6.26 Å². The summed E-state index contributed by atoms with van der Waals surface area (Å²) < 4.78 is 10.6. The number of carbonyl (C=O) groups is 2. The van der Waals surface area contributed by atoms with Crippen molar-refractivity contribution in [3.05, 3.63) is 78.3 Å². The van der Waals surface area contributed by atoms with Gasteiger partial charge in [0.05, 0.1) is 12.8 Å². The number of carbonyl (C=O) groups excluding carboxylic acids is 2. The van der Waals surface area contributed by atoms with E-state index >= 15 is 0 Å². The fourth-order valence-corrected chi connectivity index (χ4v) is 2.45. The third-order valence-electron chi connectivity index (χ3n) is 3.79. The van der Waals surface area contributed by atoms with E-state index in [1.54, 1.807) is 36.4 Å². The van der Waals surface area contributed by atoms with Crippen LogP contribution >= 0.6 is 0 Å². The number of nitrogens with one attached hydrogen (secondary N) is 3. The second kappa shape index (κ2) is 9.27. The Balaban J connectivity index is 1.39. The predicted molar refractivity (Wildman–Crippen MR) is 107 cm³/mol. The van der Waals surface area contributed by atoms with Crippen LogP contribution in [0.1, 0.15) is 16.1 Å². The van der Waals surface area contributed by atoms with Gasteiger partial charge in [0.2, 0.25) is 0 Å². The van der Waals surface area contributed by atoms with Crippen LogP contribution in [0.15, 0.2) is 71.3 Å². The summed E-state index contributed by atoms with van der Waals surface area (Å²) in [5.74, 6) is 0.668. The monoisotopic (exact) mass is 379 g/mol. The molecule has 0 aliphatic carbocycles. The molecule has 0 aliphatic heterocycles. The summed E-state index contributed by atoms with van der Waals surface area (Å²) in [6.45, 7) is 2.73. The van der Waals surface area contributed by atoms with E-state index in [1.807, 2.05) is 31.2 Å². The summed E-state index contributed by atoms with van der Waals surface area (Å²) in [6, 6.07) is 17.4. The molecular weight excluding hydrogens is 358 g/mol. The van der Waals surface area contributed by atoms with E-state index in [2.05, 4.69) is 16.0 Å². The molecule has 0 aliphatic rings. The summed E-state index contributed by atoms with van der Waals surface area (Å²) >= 11 is 0. The Kier molecular flexibility index (Phi) is 6.30. The first-order chi connectivity index (χ1) is 13.6. The van der Waals surface area contributed by atoms with E-state index < -0.39 is 0 Å². The lowest BCUT2D eigenvalue weighted by Crippen LogP contribution is -2.32. The van der Waals surface area contributed by atoms with Gasteiger partial charge >= 0.3 is 6.03 Å². The summed E-state index contributed by atoms with van der Waals surface area (Å²) in [6.07, 6.45) is 1.44. The number of benzene rings is 2. The molecule has 1 heterocycles. The second-order valence-corrected chi connectivity index (χ2v) is 6.05. The third-order valence-corrected chi connectivity index (χ3v) is 3.79.